The van der Waals surface area contributed by atoms with E-state index in [9.17, 15) is 14.8 Å². The highest BCUT2D eigenvalue weighted by Crippen LogP contribution is 2.50. The van der Waals surface area contributed by atoms with Crippen molar-refractivity contribution in [1.29, 1.82) is 0 Å². The lowest BCUT2D eigenvalue weighted by atomic mass is 10.2. The zero-order valence-electron chi connectivity index (χ0n) is 21.8. The van der Waals surface area contributed by atoms with Crippen molar-refractivity contribution in [2.45, 2.75) is 49.7 Å². The number of H-pyrrole nitrogens is 1. The highest BCUT2D eigenvalue weighted by Gasteiger charge is 2.44. The minimum atomic E-state index is -3.94. The van der Waals surface area contributed by atoms with Crippen molar-refractivity contribution in [2.75, 3.05) is 24.7 Å². The van der Waals surface area contributed by atoms with Crippen LogP contribution >= 0.6 is 25.1 Å². The summed E-state index contributed by atoms with van der Waals surface area (Å²) in [7, 11) is 0. The number of nitrogens with zero attached hydrogens (tertiary/aromatic N) is 7. The molecule has 0 aliphatic carbocycles. The molecule has 2 aliphatic rings. The highest BCUT2D eigenvalue weighted by atomic mass is 32.9. The Morgan fingerprint density at radius 2 is 1.91 bits per heavy atom. The van der Waals surface area contributed by atoms with Crippen LogP contribution in [-0.4, -0.2) is 86.7 Å². The van der Waals surface area contributed by atoms with Crippen molar-refractivity contribution in [1.82, 2.24) is 39.0 Å². The molecule has 0 amide bonds. The molecule has 6 heterocycles. The average molecular weight is 692 g/mol. The van der Waals surface area contributed by atoms with Crippen LogP contribution in [0.2, 0.25) is 0 Å². The maximum atomic E-state index is 12.3. The third-order valence-electron chi connectivity index (χ3n) is 6.85. The molecule has 6 rings (SSSR count). The number of aromatic nitrogens is 8. The second-order valence-corrected chi connectivity index (χ2v) is 16.0. The monoisotopic (exact) mass is 691 g/mol. The molecule has 230 valence electrons. The van der Waals surface area contributed by atoms with E-state index in [1.54, 1.807) is 4.57 Å². The van der Waals surface area contributed by atoms with Gasteiger partial charge in [0.1, 0.15) is 48.6 Å². The van der Waals surface area contributed by atoms with Gasteiger partial charge in [-0.15, -0.1) is 0 Å². The molecule has 0 aromatic carbocycles. The molecule has 0 bridgehead atoms. The quantitative estimate of drug-likeness (QED) is 0.0973. The van der Waals surface area contributed by atoms with Crippen LogP contribution in [0.15, 0.2) is 23.8 Å². The first-order valence-corrected chi connectivity index (χ1v) is 18.6. The summed E-state index contributed by atoms with van der Waals surface area (Å²) in [5.41, 5.74) is 12.1. The molecule has 0 radical (unpaired) electrons. The predicted octanol–water partition coefficient (Wildman–Crippen LogP) is 0.399. The Hall–Kier alpha value is -2.26. The SMILES string of the molecule is Nc1nc2c(ncn2[C@@H]2O[C@H](CO)C[C@H]2OP(O)(=S)OC[C@H]2O[C@@H](n3cnc4c(N)ncnc43)C[C@@H]2O[P+](=S)S)c(=O)[nH]1. The van der Waals surface area contributed by atoms with Gasteiger partial charge in [-0.1, -0.05) is 0 Å². The van der Waals surface area contributed by atoms with Gasteiger partial charge in [0.25, 0.3) is 5.56 Å². The van der Waals surface area contributed by atoms with Crippen molar-refractivity contribution in [3.05, 3.63) is 29.3 Å². The van der Waals surface area contributed by atoms with E-state index >= 15 is 0 Å². The Morgan fingerprint density at radius 3 is 2.67 bits per heavy atom. The number of aliphatic hydroxyl groups is 1. The second kappa shape index (κ2) is 12.3. The molecular formula is C20H25N10O8P2S3+. The number of ether oxygens (including phenoxy) is 2. The van der Waals surface area contributed by atoms with Crippen LogP contribution < -0.4 is 17.0 Å². The summed E-state index contributed by atoms with van der Waals surface area (Å²) in [6.45, 7) is -4.49. The van der Waals surface area contributed by atoms with Gasteiger partial charge in [0.2, 0.25) is 17.8 Å². The summed E-state index contributed by atoms with van der Waals surface area (Å²) in [6, 6.07) is 0. The molecule has 0 saturated carbocycles. The number of hydrogen-bond donors (Lipinski definition) is 6. The van der Waals surface area contributed by atoms with Gasteiger partial charge in [-0.25, -0.2) is 19.9 Å². The van der Waals surface area contributed by atoms with Crippen molar-refractivity contribution < 1.29 is 33.0 Å². The van der Waals surface area contributed by atoms with Gasteiger partial charge >= 0.3 is 12.8 Å². The van der Waals surface area contributed by atoms with Crippen molar-refractivity contribution in [3.8, 4) is 0 Å². The highest BCUT2D eigenvalue weighted by molar-refractivity contribution is 8.54. The summed E-state index contributed by atoms with van der Waals surface area (Å²) >= 11 is 14.7. The van der Waals surface area contributed by atoms with Crippen LogP contribution in [0.1, 0.15) is 25.3 Å². The zero-order valence-corrected chi connectivity index (χ0v) is 26.1. The van der Waals surface area contributed by atoms with E-state index in [2.05, 4.69) is 42.2 Å². The van der Waals surface area contributed by atoms with Crippen LogP contribution in [0, 0.1) is 0 Å². The van der Waals surface area contributed by atoms with Gasteiger partial charge in [-0.2, -0.15) is 9.51 Å². The molecule has 18 nitrogen and oxygen atoms in total. The molecule has 2 saturated heterocycles. The van der Waals surface area contributed by atoms with Crippen LogP contribution in [0.25, 0.3) is 22.3 Å². The summed E-state index contributed by atoms with van der Waals surface area (Å²) < 4.78 is 32.7. The Balaban J connectivity index is 1.18. The summed E-state index contributed by atoms with van der Waals surface area (Å²) in [5.74, 6) is 0.101. The molecule has 23 heteroatoms. The number of hydrogen-bond acceptors (Lipinski definition) is 16. The second-order valence-electron chi connectivity index (χ2n) is 9.58. The van der Waals surface area contributed by atoms with Gasteiger partial charge in [-0.05, 0) is 11.8 Å². The third kappa shape index (κ3) is 6.31. The van der Waals surface area contributed by atoms with Gasteiger partial charge in [0.05, 0.1) is 32.0 Å². The van der Waals surface area contributed by atoms with E-state index in [-0.39, 0.29) is 42.6 Å². The summed E-state index contributed by atoms with van der Waals surface area (Å²) in [6.07, 6.45) is -1.21. The van der Waals surface area contributed by atoms with Gasteiger partial charge in [0, 0.05) is 12.8 Å². The molecule has 7 N–H and O–H groups in total. The normalized spacial score (nSPS) is 27.7. The lowest BCUT2D eigenvalue weighted by Crippen LogP contribution is -2.28. The fourth-order valence-corrected chi connectivity index (χ4v) is 7.59. The number of imidazole rings is 2. The van der Waals surface area contributed by atoms with E-state index in [0.717, 1.165) is 0 Å². The molecule has 8 atom stereocenters. The van der Waals surface area contributed by atoms with Crippen LogP contribution in [0.4, 0.5) is 11.8 Å². The van der Waals surface area contributed by atoms with Crippen LogP contribution in [0.3, 0.4) is 0 Å². The smallest absolute Gasteiger partial charge is 0.394 e. The fourth-order valence-electron chi connectivity index (χ4n) is 5.00. The number of nitrogens with two attached hydrogens (primary N) is 2. The number of fused-ring (bicyclic) bond motifs is 2. The number of aromatic amines is 1. The number of aliphatic hydroxyl groups excluding tert-OH is 1. The Kier molecular flexibility index (Phi) is 8.77. The predicted molar refractivity (Wildman–Crippen MR) is 162 cm³/mol. The maximum absolute atomic E-state index is 12.3. The number of thiol groups is 1. The van der Waals surface area contributed by atoms with E-state index in [1.165, 1.54) is 23.5 Å². The summed E-state index contributed by atoms with van der Waals surface area (Å²) in [5, 5.41) is 9.76. The molecule has 2 aliphatic heterocycles. The molecule has 2 fully saturated rings. The van der Waals surface area contributed by atoms with Crippen LogP contribution in [-0.2, 0) is 46.7 Å². The van der Waals surface area contributed by atoms with Gasteiger partial charge in [0.15, 0.2) is 28.9 Å². The Labute approximate surface area is 258 Å². The molecule has 43 heavy (non-hydrogen) atoms. The fraction of sp³-hybridized carbons (Fsp3) is 0.500. The summed E-state index contributed by atoms with van der Waals surface area (Å²) in [4.78, 5) is 46.4. The maximum Gasteiger partial charge on any atom is 0.411 e. The lowest BCUT2D eigenvalue weighted by molar-refractivity contribution is -0.0525. The average Bonchev–Trinajstić information content (AvgIpc) is 3.72. The van der Waals surface area contributed by atoms with Crippen molar-refractivity contribution in [2.24, 2.45) is 0 Å². The standard InChI is InChI=1S/C20H24N10O8P2S3/c21-15-13-16(24-5-23-15)29(6-25-13)12-2-9(37-39(41)42)11(36-12)4-34-40(33,43)38-10-1-8(3-31)35-19(10)30-7-26-14-17(30)27-20(22)28-18(14)32/h5-12,19,31H,1-4H2,(H6-,21,22,23,24,27,28,32,33,41,42,43)/p+1/t8-,9-,10+,11+,12+,19+,40?/m0/s1. The Bertz CT molecular complexity index is 1790. The number of anilines is 2. The zero-order chi connectivity index (χ0) is 30.5. The van der Waals surface area contributed by atoms with Gasteiger partial charge < -0.3 is 40.0 Å². The molecule has 4 aromatic heterocycles. The van der Waals surface area contributed by atoms with Crippen molar-refractivity contribution >= 4 is 82.8 Å². The molecule has 0 spiro atoms. The first-order chi connectivity index (χ1) is 20.5. The van der Waals surface area contributed by atoms with Gasteiger partial charge in [-0.3, -0.25) is 18.9 Å². The molecular weight excluding hydrogens is 666 g/mol. The lowest BCUT2D eigenvalue weighted by Gasteiger charge is -2.25. The minimum absolute atomic E-state index is 0.0216. The number of nitrogen functional groups attached to an aromatic ring is 2. The van der Waals surface area contributed by atoms with Crippen molar-refractivity contribution in [3.63, 3.8) is 0 Å². The number of nitrogens with one attached hydrogen (secondary N) is 1. The third-order valence-corrected chi connectivity index (χ3v) is 9.43. The largest absolute Gasteiger partial charge is 0.411 e. The first kappa shape index (κ1) is 30.8. The van der Waals surface area contributed by atoms with E-state index in [1.807, 2.05) is 0 Å². The number of rotatable bonds is 10. The van der Waals surface area contributed by atoms with E-state index in [0.29, 0.717) is 17.6 Å². The van der Waals surface area contributed by atoms with E-state index < -0.39 is 55.3 Å². The molecule has 4 aromatic rings. The van der Waals surface area contributed by atoms with Crippen LogP contribution in [0.5, 0.6) is 0 Å². The van der Waals surface area contributed by atoms with E-state index in [4.69, 9.17) is 58.1 Å². The first-order valence-electron chi connectivity index (χ1n) is 12.6. The Morgan fingerprint density at radius 1 is 1.14 bits per heavy atom. The minimum Gasteiger partial charge on any atom is -0.394 e. The topological polar surface area (TPSA) is 246 Å². The molecule has 2 unspecified atom stereocenters.